The van der Waals surface area contributed by atoms with Gasteiger partial charge in [-0.2, -0.15) is 0 Å². The minimum atomic E-state index is -0.698. The molecule has 2 aliphatic rings. The summed E-state index contributed by atoms with van der Waals surface area (Å²) >= 11 is 0. The second-order valence-corrected chi connectivity index (χ2v) is 8.91. The molecule has 0 aromatic carbocycles. The molecule has 0 bridgehead atoms. The summed E-state index contributed by atoms with van der Waals surface area (Å²) < 4.78 is 0. The fourth-order valence-corrected chi connectivity index (χ4v) is 4.19. The van der Waals surface area contributed by atoms with Gasteiger partial charge in [-0.3, -0.25) is 9.69 Å². The second kappa shape index (κ2) is 8.05. The van der Waals surface area contributed by atoms with Crippen LogP contribution in [0.3, 0.4) is 0 Å². The van der Waals surface area contributed by atoms with Gasteiger partial charge >= 0.3 is 6.03 Å². The zero-order valence-corrected chi connectivity index (χ0v) is 17.8. The van der Waals surface area contributed by atoms with Crippen LogP contribution in [0.2, 0.25) is 0 Å². The van der Waals surface area contributed by atoms with Crippen molar-refractivity contribution >= 4 is 17.8 Å². The van der Waals surface area contributed by atoms with Crippen LogP contribution in [-0.4, -0.2) is 63.4 Å². The molecule has 2 fully saturated rings. The SMILES string of the molecule is Cc1nccc(N2CCC3(CC2)C(=O)N(CCC(C)C)C(=O)N3CC(C)C)n1. The van der Waals surface area contributed by atoms with Gasteiger partial charge in [-0.1, -0.05) is 27.7 Å². The summed E-state index contributed by atoms with van der Waals surface area (Å²) in [5.41, 5.74) is -0.698. The first-order chi connectivity index (χ1) is 13.2. The predicted octanol–water partition coefficient (Wildman–Crippen LogP) is 3.09. The van der Waals surface area contributed by atoms with Crippen molar-refractivity contribution in [3.63, 3.8) is 0 Å². The van der Waals surface area contributed by atoms with Crippen molar-refractivity contribution in [2.24, 2.45) is 11.8 Å². The smallest absolute Gasteiger partial charge is 0.327 e. The van der Waals surface area contributed by atoms with Crippen molar-refractivity contribution in [1.29, 1.82) is 0 Å². The van der Waals surface area contributed by atoms with Crippen molar-refractivity contribution in [2.75, 3.05) is 31.1 Å². The van der Waals surface area contributed by atoms with Crippen LogP contribution in [0.1, 0.15) is 52.8 Å². The highest BCUT2D eigenvalue weighted by Gasteiger charge is 2.57. The van der Waals surface area contributed by atoms with Crippen LogP contribution in [0.25, 0.3) is 0 Å². The fraction of sp³-hybridized carbons (Fsp3) is 0.714. The number of hydrogen-bond acceptors (Lipinski definition) is 5. The zero-order chi connectivity index (χ0) is 20.5. The lowest BCUT2D eigenvalue weighted by atomic mass is 9.85. The van der Waals surface area contributed by atoms with Gasteiger partial charge in [0.1, 0.15) is 17.2 Å². The Kier molecular flexibility index (Phi) is 5.91. The van der Waals surface area contributed by atoms with E-state index in [2.05, 4.69) is 42.6 Å². The van der Waals surface area contributed by atoms with Gasteiger partial charge in [-0.15, -0.1) is 0 Å². The number of hydrogen-bond donors (Lipinski definition) is 0. The molecule has 2 aliphatic heterocycles. The Hall–Kier alpha value is -2.18. The molecular formula is C21H33N5O2. The lowest BCUT2D eigenvalue weighted by molar-refractivity contribution is -0.134. The van der Waals surface area contributed by atoms with E-state index in [0.29, 0.717) is 50.9 Å². The first-order valence-corrected chi connectivity index (χ1v) is 10.4. The Bertz CT molecular complexity index is 725. The van der Waals surface area contributed by atoms with Gasteiger partial charge in [0.25, 0.3) is 5.91 Å². The Morgan fingerprint density at radius 3 is 2.36 bits per heavy atom. The average molecular weight is 388 g/mol. The summed E-state index contributed by atoms with van der Waals surface area (Å²) in [4.78, 5) is 40.8. The van der Waals surface area contributed by atoms with Gasteiger partial charge in [0, 0.05) is 32.4 Å². The van der Waals surface area contributed by atoms with Crippen molar-refractivity contribution < 1.29 is 9.59 Å². The molecule has 2 saturated heterocycles. The maximum atomic E-state index is 13.4. The van der Waals surface area contributed by atoms with Crippen LogP contribution in [0.4, 0.5) is 10.6 Å². The number of imide groups is 1. The maximum Gasteiger partial charge on any atom is 0.327 e. The average Bonchev–Trinajstić information content (AvgIpc) is 2.82. The molecule has 3 heterocycles. The molecule has 0 saturated carbocycles. The van der Waals surface area contributed by atoms with Gasteiger partial charge in [-0.25, -0.2) is 14.8 Å². The number of anilines is 1. The number of amides is 3. The molecule has 0 atom stereocenters. The quantitative estimate of drug-likeness (QED) is 0.702. The Balaban J connectivity index is 1.81. The minimum Gasteiger partial charge on any atom is -0.356 e. The lowest BCUT2D eigenvalue weighted by Crippen LogP contribution is -2.57. The number of aryl methyl sites for hydroxylation is 1. The fourth-order valence-electron chi connectivity index (χ4n) is 4.19. The molecular weight excluding hydrogens is 354 g/mol. The van der Waals surface area contributed by atoms with E-state index in [9.17, 15) is 9.59 Å². The second-order valence-electron chi connectivity index (χ2n) is 8.91. The topological polar surface area (TPSA) is 69.6 Å². The van der Waals surface area contributed by atoms with Crippen LogP contribution < -0.4 is 4.90 Å². The van der Waals surface area contributed by atoms with Crippen LogP contribution in [0, 0.1) is 18.8 Å². The molecule has 28 heavy (non-hydrogen) atoms. The first kappa shape index (κ1) is 20.6. The molecule has 0 radical (unpaired) electrons. The van der Waals surface area contributed by atoms with E-state index in [1.807, 2.05) is 17.9 Å². The van der Waals surface area contributed by atoms with E-state index < -0.39 is 5.54 Å². The third-order valence-electron chi connectivity index (χ3n) is 5.78. The Labute approximate surface area is 168 Å². The van der Waals surface area contributed by atoms with E-state index >= 15 is 0 Å². The van der Waals surface area contributed by atoms with Crippen LogP contribution in [-0.2, 0) is 4.79 Å². The van der Waals surface area contributed by atoms with Gasteiger partial charge in [-0.05, 0) is 44.1 Å². The number of nitrogens with zero attached hydrogens (tertiary/aromatic N) is 5. The van der Waals surface area contributed by atoms with Crippen LogP contribution in [0.15, 0.2) is 12.3 Å². The monoisotopic (exact) mass is 387 g/mol. The number of rotatable bonds is 6. The Morgan fingerprint density at radius 2 is 1.79 bits per heavy atom. The molecule has 3 amide bonds. The molecule has 7 nitrogen and oxygen atoms in total. The Morgan fingerprint density at radius 1 is 1.11 bits per heavy atom. The zero-order valence-electron chi connectivity index (χ0n) is 17.8. The molecule has 154 valence electrons. The molecule has 0 aliphatic carbocycles. The molecule has 1 spiro atoms. The van der Waals surface area contributed by atoms with Crippen LogP contribution >= 0.6 is 0 Å². The van der Waals surface area contributed by atoms with Gasteiger partial charge in [0.2, 0.25) is 0 Å². The summed E-state index contributed by atoms with van der Waals surface area (Å²) in [5.74, 6) is 2.41. The van der Waals surface area contributed by atoms with E-state index in [4.69, 9.17) is 0 Å². The molecule has 1 aromatic rings. The van der Waals surface area contributed by atoms with Crippen molar-refractivity contribution in [3.05, 3.63) is 18.1 Å². The minimum absolute atomic E-state index is 0.00248. The van der Waals surface area contributed by atoms with Crippen molar-refractivity contribution in [1.82, 2.24) is 19.8 Å². The van der Waals surface area contributed by atoms with E-state index in [1.54, 1.807) is 6.20 Å². The standard InChI is InChI=1S/C21H33N5O2/c1-15(2)7-11-25-19(27)21(26(20(25)28)14-16(3)4)8-12-24(13-9-21)18-6-10-22-17(5)23-18/h6,10,15-16H,7-9,11-14H2,1-5H3. The predicted molar refractivity (Wildman–Crippen MR) is 109 cm³/mol. The highest BCUT2D eigenvalue weighted by Crippen LogP contribution is 2.38. The first-order valence-electron chi connectivity index (χ1n) is 10.4. The number of carbonyl (C=O) groups excluding carboxylic acids is 2. The van der Waals surface area contributed by atoms with E-state index in [1.165, 1.54) is 4.90 Å². The molecule has 7 heteroatoms. The number of carbonyl (C=O) groups is 2. The number of piperidine rings is 1. The largest absolute Gasteiger partial charge is 0.356 e. The summed E-state index contributed by atoms with van der Waals surface area (Å²) in [6.45, 7) is 12.9. The normalized spacial score (nSPS) is 19.6. The molecule has 0 unspecified atom stereocenters. The van der Waals surface area contributed by atoms with E-state index in [0.717, 1.165) is 18.1 Å². The third kappa shape index (κ3) is 3.84. The van der Waals surface area contributed by atoms with Gasteiger partial charge < -0.3 is 9.80 Å². The number of urea groups is 1. The maximum absolute atomic E-state index is 13.4. The summed E-state index contributed by atoms with van der Waals surface area (Å²) in [6.07, 6.45) is 3.90. The highest BCUT2D eigenvalue weighted by molar-refractivity contribution is 6.07. The van der Waals surface area contributed by atoms with Crippen molar-refractivity contribution in [3.8, 4) is 0 Å². The highest BCUT2D eigenvalue weighted by atomic mass is 16.2. The van der Waals surface area contributed by atoms with Crippen LogP contribution in [0.5, 0.6) is 0 Å². The van der Waals surface area contributed by atoms with Gasteiger partial charge in [0.05, 0.1) is 0 Å². The number of aromatic nitrogens is 2. The third-order valence-corrected chi connectivity index (χ3v) is 5.78. The molecule has 3 rings (SSSR count). The van der Waals surface area contributed by atoms with E-state index in [-0.39, 0.29) is 11.9 Å². The lowest BCUT2D eigenvalue weighted by Gasteiger charge is -2.43. The van der Waals surface area contributed by atoms with Crippen molar-refractivity contribution in [2.45, 2.75) is 59.4 Å². The van der Waals surface area contributed by atoms with Gasteiger partial charge in [0.15, 0.2) is 0 Å². The summed E-state index contributed by atoms with van der Waals surface area (Å²) in [5, 5.41) is 0. The molecule has 0 N–H and O–H groups in total. The molecule has 1 aromatic heterocycles. The summed E-state index contributed by atoms with van der Waals surface area (Å²) in [6, 6.07) is 1.80. The summed E-state index contributed by atoms with van der Waals surface area (Å²) in [7, 11) is 0.